The number of nitrogens with two attached hydrogens (primary N) is 1. The van der Waals surface area contributed by atoms with E-state index in [4.69, 9.17) is 28.9 Å². The highest BCUT2D eigenvalue weighted by Crippen LogP contribution is 2.25. The number of anilines is 1. The quantitative estimate of drug-likeness (QED) is 0.836. The van der Waals surface area contributed by atoms with Crippen LogP contribution in [0.2, 0.25) is 10.0 Å². The van der Waals surface area contributed by atoms with E-state index >= 15 is 0 Å². The van der Waals surface area contributed by atoms with Crippen LogP contribution < -0.4 is 5.73 Å². The van der Waals surface area contributed by atoms with E-state index in [1.807, 2.05) is 24.3 Å². The molecule has 104 valence electrons. The summed E-state index contributed by atoms with van der Waals surface area (Å²) in [6, 6.07) is 12.8. The third kappa shape index (κ3) is 3.99. The molecule has 20 heavy (non-hydrogen) atoms. The van der Waals surface area contributed by atoms with Gasteiger partial charge < -0.3 is 5.73 Å². The molecular formula is C16H15Cl2NO. The number of carbonyl (C=O) groups excluding carboxylic acids is 1. The molecule has 4 heteroatoms. The van der Waals surface area contributed by atoms with Crippen molar-refractivity contribution in [2.75, 3.05) is 5.73 Å². The molecule has 0 heterocycles. The van der Waals surface area contributed by atoms with Gasteiger partial charge in [-0.1, -0.05) is 41.4 Å². The van der Waals surface area contributed by atoms with E-state index in [0.29, 0.717) is 28.5 Å². The molecule has 2 rings (SSSR count). The average Bonchev–Trinajstić information content (AvgIpc) is 2.42. The van der Waals surface area contributed by atoms with Crippen molar-refractivity contribution in [2.45, 2.75) is 19.3 Å². The minimum Gasteiger partial charge on any atom is -0.399 e. The monoisotopic (exact) mass is 307 g/mol. The number of aryl methyl sites for hydroxylation is 1. The number of hydrogen-bond acceptors (Lipinski definition) is 2. The van der Waals surface area contributed by atoms with Crippen molar-refractivity contribution < 1.29 is 4.79 Å². The first kappa shape index (κ1) is 14.9. The molecule has 0 unspecified atom stereocenters. The molecule has 0 atom stereocenters. The molecule has 0 saturated carbocycles. The molecule has 0 amide bonds. The highest BCUT2D eigenvalue weighted by Gasteiger charge is 2.10. The SMILES string of the molecule is Nc1ccc(CCC(=O)Cc2c(Cl)cccc2Cl)cc1. The summed E-state index contributed by atoms with van der Waals surface area (Å²) in [7, 11) is 0. The van der Waals surface area contributed by atoms with Gasteiger partial charge in [0.15, 0.2) is 0 Å². The van der Waals surface area contributed by atoms with Crippen molar-refractivity contribution in [3.8, 4) is 0 Å². The van der Waals surface area contributed by atoms with Crippen LogP contribution >= 0.6 is 23.2 Å². The average molecular weight is 308 g/mol. The molecule has 2 N–H and O–H groups in total. The van der Waals surface area contributed by atoms with E-state index in [1.165, 1.54) is 0 Å². The largest absolute Gasteiger partial charge is 0.399 e. The zero-order valence-corrected chi connectivity index (χ0v) is 12.4. The van der Waals surface area contributed by atoms with Crippen molar-refractivity contribution in [1.82, 2.24) is 0 Å². The molecule has 0 aliphatic carbocycles. The second-order valence-corrected chi connectivity index (χ2v) is 5.47. The molecule has 2 aromatic rings. The van der Waals surface area contributed by atoms with E-state index in [2.05, 4.69) is 0 Å². The number of Topliss-reactive ketones (excluding diaryl/α,β-unsaturated/α-hetero) is 1. The molecule has 0 saturated heterocycles. The summed E-state index contributed by atoms with van der Waals surface area (Å²) in [4.78, 5) is 12.0. The Morgan fingerprint density at radius 3 is 2.20 bits per heavy atom. The first-order valence-corrected chi connectivity index (χ1v) is 7.11. The summed E-state index contributed by atoms with van der Waals surface area (Å²) in [6.07, 6.45) is 1.43. The number of rotatable bonds is 5. The molecule has 2 nitrogen and oxygen atoms in total. The van der Waals surface area contributed by atoms with E-state index in [9.17, 15) is 4.79 Å². The van der Waals surface area contributed by atoms with Gasteiger partial charge in [-0.25, -0.2) is 0 Å². The minimum absolute atomic E-state index is 0.122. The Kier molecular flexibility index (Phi) is 5.05. The van der Waals surface area contributed by atoms with E-state index in [0.717, 1.165) is 11.3 Å². The predicted molar refractivity (Wildman–Crippen MR) is 84.3 cm³/mol. The summed E-state index contributed by atoms with van der Waals surface area (Å²) in [5, 5.41) is 1.08. The normalized spacial score (nSPS) is 10.5. The van der Waals surface area contributed by atoms with Gasteiger partial charge in [0.25, 0.3) is 0 Å². The number of hydrogen-bond donors (Lipinski definition) is 1. The Labute approximate surface area is 128 Å². The van der Waals surface area contributed by atoms with Gasteiger partial charge in [-0.2, -0.15) is 0 Å². The lowest BCUT2D eigenvalue weighted by molar-refractivity contribution is -0.118. The van der Waals surface area contributed by atoms with Crippen molar-refractivity contribution in [1.29, 1.82) is 0 Å². The summed E-state index contributed by atoms with van der Waals surface area (Å²) in [6.45, 7) is 0. The molecule has 2 aromatic carbocycles. The number of carbonyl (C=O) groups is 1. The molecule has 0 aromatic heterocycles. The fraction of sp³-hybridized carbons (Fsp3) is 0.188. The minimum atomic E-state index is 0.122. The highest BCUT2D eigenvalue weighted by molar-refractivity contribution is 6.36. The molecule has 0 bridgehead atoms. The van der Waals surface area contributed by atoms with Crippen LogP contribution in [0, 0.1) is 0 Å². The van der Waals surface area contributed by atoms with Crippen LogP contribution in [0.3, 0.4) is 0 Å². The molecule has 0 fully saturated rings. The maximum atomic E-state index is 12.0. The van der Waals surface area contributed by atoms with E-state index < -0.39 is 0 Å². The van der Waals surface area contributed by atoms with Gasteiger partial charge in [-0.05, 0) is 41.8 Å². The first-order valence-electron chi connectivity index (χ1n) is 6.35. The zero-order valence-electron chi connectivity index (χ0n) is 10.9. The zero-order chi connectivity index (χ0) is 14.5. The van der Waals surface area contributed by atoms with Gasteiger partial charge >= 0.3 is 0 Å². The molecule has 0 aliphatic rings. The first-order chi connectivity index (χ1) is 9.56. The number of ketones is 1. The molecule has 0 spiro atoms. The van der Waals surface area contributed by atoms with Gasteiger partial charge in [-0.15, -0.1) is 0 Å². The highest BCUT2D eigenvalue weighted by atomic mass is 35.5. The Balaban J connectivity index is 1.94. The van der Waals surface area contributed by atoms with Gasteiger partial charge in [0.05, 0.1) is 0 Å². The van der Waals surface area contributed by atoms with Gasteiger partial charge in [0.2, 0.25) is 0 Å². The summed E-state index contributed by atoms with van der Waals surface area (Å²) >= 11 is 12.1. The second kappa shape index (κ2) is 6.78. The lowest BCUT2D eigenvalue weighted by Crippen LogP contribution is -2.05. The molecule has 0 aliphatic heterocycles. The summed E-state index contributed by atoms with van der Waals surface area (Å²) < 4.78 is 0. The lowest BCUT2D eigenvalue weighted by atomic mass is 10.0. The Morgan fingerprint density at radius 2 is 1.60 bits per heavy atom. The van der Waals surface area contributed by atoms with Gasteiger partial charge in [0, 0.05) is 28.6 Å². The second-order valence-electron chi connectivity index (χ2n) is 4.66. The third-order valence-corrected chi connectivity index (χ3v) is 3.82. The maximum Gasteiger partial charge on any atom is 0.137 e. The standard InChI is InChI=1S/C16H15Cl2NO/c17-15-2-1-3-16(18)14(15)10-13(20)9-6-11-4-7-12(19)8-5-11/h1-5,7-8H,6,9-10,19H2. The fourth-order valence-electron chi connectivity index (χ4n) is 1.95. The Bertz CT molecular complexity index is 588. The van der Waals surface area contributed by atoms with Gasteiger partial charge in [0.1, 0.15) is 5.78 Å². The van der Waals surface area contributed by atoms with Crippen LogP contribution in [-0.4, -0.2) is 5.78 Å². The smallest absolute Gasteiger partial charge is 0.137 e. The molecule has 0 radical (unpaired) electrons. The van der Waals surface area contributed by atoms with Crippen molar-refractivity contribution in [3.05, 3.63) is 63.6 Å². The Hall–Kier alpha value is -1.51. The number of halogens is 2. The summed E-state index contributed by atoms with van der Waals surface area (Å²) in [5.41, 5.74) is 8.15. The summed E-state index contributed by atoms with van der Waals surface area (Å²) in [5.74, 6) is 0.122. The van der Waals surface area contributed by atoms with Crippen LogP contribution in [0.5, 0.6) is 0 Å². The number of benzene rings is 2. The van der Waals surface area contributed by atoms with Crippen LogP contribution in [0.1, 0.15) is 17.5 Å². The van der Waals surface area contributed by atoms with Crippen molar-refractivity contribution >= 4 is 34.7 Å². The fourth-order valence-corrected chi connectivity index (χ4v) is 2.49. The van der Waals surface area contributed by atoms with Gasteiger partial charge in [-0.3, -0.25) is 4.79 Å². The van der Waals surface area contributed by atoms with Crippen molar-refractivity contribution in [2.24, 2.45) is 0 Å². The molecular weight excluding hydrogens is 293 g/mol. The van der Waals surface area contributed by atoms with E-state index in [-0.39, 0.29) is 12.2 Å². The van der Waals surface area contributed by atoms with Crippen molar-refractivity contribution in [3.63, 3.8) is 0 Å². The lowest BCUT2D eigenvalue weighted by Gasteiger charge is -2.06. The van der Waals surface area contributed by atoms with Crippen LogP contribution in [-0.2, 0) is 17.6 Å². The van der Waals surface area contributed by atoms with Crippen LogP contribution in [0.4, 0.5) is 5.69 Å². The van der Waals surface area contributed by atoms with E-state index in [1.54, 1.807) is 18.2 Å². The van der Waals surface area contributed by atoms with Crippen LogP contribution in [0.25, 0.3) is 0 Å². The maximum absolute atomic E-state index is 12.0. The Morgan fingerprint density at radius 1 is 1.00 bits per heavy atom. The predicted octanol–water partition coefficient (Wildman–Crippen LogP) is 4.32. The number of nitrogen functional groups attached to an aromatic ring is 1. The third-order valence-electron chi connectivity index (χ3n) is 3.11. The topological polar surface area (TPSA) is 43.1 Å². The van der Waals surface area contributed by atoms with Crippen LogP contribution in [0.15, 0.2) is 42.5 Å².